The van der Waals surface area contributed by atoms with Gasteiger partial charge in [0.1, 0.15) is 0 Å². The SMILES string of the molecule is c1ccc(-n2c3cccnc3c3ccc4ccccc4c32)cc1. The fourth-order valence-corrected chi connectivity index (χ4v) is 3.44. The maximum Gasteiger partial charge on any atom is 0.0963 e. The molecule has 0 saturated heterocycles. The lowest BCUT2D eigenvalue weighted by Crippen LogP contribution is -1.93. The number of hydrogen-bond acceptors (Lipinski definition) is 1. The van der Waals surface area contributed by atoms with E-state index in [2.05, 4.69) is 76.3 Å². The summed E-state index contributed by atoms with van der Waals surface area (Å²) in [5, 5.41) is 3.70. The molecule has 2 nitrogen and oxygen atoms in total. The third-order valence-corrected chi connectivity index (χ3v) is 4.42. The van der Waals surface area contributed by atoms with Crippen LogP contribution in [0.5, 0.6) is 0 Å². The molecule has 0 N–H and O–H groups in total. The number of aromatic nitrogens is 2. The molecular weight excluding hydrogens is 280 g/mol. The second-order valence-electron chi connectivity index (χ2n) is 5.72. The molecule has 0 amide bonds. The Kier molecular flexibility index (Phi) is 2.53. The smallest absolute Gasteiger partial charge is 0.0963 e. The quantitative estimate of drug-likeness (QED) is 0.408. The summed E-state index contributed by atoms with van der Waals surface area (Å²) in [7, 11) is 0. The molecule has 5 rings (SSSR count). The van der Waals surface area contributed by atoms with E-state index in [4.69, 9.17) is 0 Å². The molecule has 0 atom stereocenters. The van der Waals surface area contributed by atoms with Gasteiger partial charge in [0.05, 0.1) is 16.6 Å². The number of benzene rings is 3. The van der Waals surface area contributed by atoms with Crippen LogP contribution in [0.25, 0.3) is 38.4 Å². The second-order valence-corrected chi connectivity index (χ2v) is 5.72. The van der Waals surface area contributed by atoms with Gasteiger partial charge in [-0.2, -0.15) is 0 Å². The van der Waals surface area contributed by atoms with Crippen molar-refractivity contribution >= 4 is 32.7 Å². The first kappa shape index (κ1) is 12.4. The van der Waals surface area contributed by atoms with Crippen molar-refractivity contribution in [3.8, 4) is 5.69 Å². The lowest BCUT2D eigenvalue weighted by atomic mass is 10.1. The summed E-state index contributed by atoms with van der Waals surface area (Å²) in [6.07, 6.45) is 1.87. The predicted octanol–water partition coefficient (Wildman–Crippen LogP) is 5.33. The molecule has 5 aromatic rings. The summed E-state index contributed by atoms with van der Waals surface area (Å²) < 4.78 is 2.32. The first-order valence-corrected chi connectivity index (χ1v) is 7.76. The van der Waals surface area contributed by atoms with Gasteiger partial charge in [0, 0.05) is 22.7 Å². The summed E-state index contributed by atoms with van der Waals surface area (Å²) in [4.78, 5) is 4.64. The van der Waals surface area contributed by atoms with Gasteiger partial charge in [0.25, 0.3) is 0 Å². The molecular formula is C21H14N2. The van der Waals surface area contributed by atoms with Gasteiger partial charge in [-0.25, -0.2) is 0 Å². The minimum atomic E-state index is 1.05. The Balaban J connectivity index is 2.10. The third kappa shape index (κ3) is 1.72. The van der Waals surface area contributed by atoms with Gasteiger partial charge >= 0.3 is 0 Å². The van der Waals surface area contributed by atoms with Crippen molar-refractivity contribution in [2.45, 2.75) is 0 Å². The molecule has 0 unspecified atom stereocenters. The van der Waals surface area contributed by atoms with E-state index >= 15 is 0 Å². The highest BCUT2D eigenvalue weighted by Crippen LogP contribution is 2.35. The zero-order chi connectivity index (χ0) is 15.2. The largest absolute Gasteiger partial charge is 0.307 e. The van der Waals surface area contributed by atoms with Crippen molar-refractivity contribution in [3.63, 3.8) is 0 Å². The second kappa shape index (κ2) is 4.68. The molecule has 108 valence electrons. The van der Waals surface area contributed by atoms with E-state index in [0.29, 0.717) is 0 Å². The van der Waals surface area contributed by atoms with Crippen molar-refractivity contribution in [2.24, 2.45) is 0 Å². The standard InChI is InChI=1S/C21H14N2/c1-2-8-16(9-3-1)23-19-11-6-14-22-20(19)18-13-12-15-7-4-5-10-17(15)21(18)23/h1-14H. The van der Waals surface area contributed by atoms with Crippen LogP contribution in [0.3, 0.4) is 0 Å². The molecule has 0 aliphatic carbocycles. The highest BCUT2D eigenvalue weighted by molar-refractivity contribution is 6.17. The van der Waals surface area contributed by atoms with Crippen molar-refractivity contribution in [2.75, 3.05) is 0 Å². The fraction of sp³-hybridized carbons (Fsp3) is 0. The highest BCUT2D eigenvalue weighted by atomic mass is 15.0. The normalized spacial score (nSPS) is 11.5. The summed E-state index contributed by atoms with van der Waals surface area (Å²) in [5.74, 6) is 0. The Hall–Kier alpha value is -3.13. The van der Waals surface area contributed by atoms with Crippen LogP contribution < -0.4 is 0 Å². The molecule has 0 bridgehead atoms. The van der Waals surface area contributed by atoms with E-state index in [1.165, 1.54) is 21.7 Å². The van der Waals surface area contributed by atoms with Crippen LogP contribution >= 0.6 is 0 Å². The summed E-state index contributed by atoms with van der Waals surface area (Å²) in [6.45, 7) is 0. The van der Waals surface area contributed by atoms with E-state index in [-0.39, 0.29) is 0 Å². The minimum Gasteiger partial charge on any atom is -0.307 e. The fourth-order valence-electron chi connectivity index (χ4n) is 3.44. The number of para-hydroxylation sites is 1. The van der Waals surface area contributed by atoms with E-state index < -0.39 is 0 Å². The van der Waals surface area contributed by atoms with E-state index in [1.807, 2.05) is 18.3 Å². The zero-order valence-corrected chi connectivity index (χ0v) is 12.5. The molecule has 0 fully saturated rings. The van der Waals surface area contributed by atoms with Gasteiger partial charge in [-0.15, -0.1) is 0 Å². The predicted molar refractivity (Wildman–Crippen MR) is 96.1 cm³/mol. The zero-order valence-electron chi connectivity index (χ0n) is 12.5. The Morgan fingerprint density at radius 1 is 0.652 bits per heavy atom. The number of nitrogens with zero attached hydrogens (tertiary/aromatic N) is 2. The van der Waals surface area contributed by atoms with Crippen LogP contribution in [0.2, 0.25) is 0 Å². The Labute approximate surface area is 133 Å². The number of hydrogen-bond donors (Lipinski definition) is 0. The lowest BCUT2D eigenvalue weighted by molar-refractivity contribution is 1.18. The first-order chi connectivity index (χ1) is 11.4. The van der Waals surface area contributed by atoms with Crippen LogP contribution in [-0.2, 0) is 0 Å². The average Bonchev–Trinajstić information content (AvgIpc) is 2.97. The Morgan fingerprint density at radius 2 is 1.48 bits per heavy atom. The first-order valence-electron chi connectivity index (χ1n) is 7.76. The van der Waals surface area contributed by atoms with Gasteiger partial charge in [-0.05, 0) is 35.7 Å². The molecule has 0 aliphatic heterocycles. The monoisotopic (exact) mass is 294 g/mol. The maximum absolute atomic E-state index is 4.64. The van der Waals surface area contributed by atoms with Gasteiger partial charge in [0.15, 0.2) is 0 Å². The minimum absolute atomic E-state index is 1.05. The van der Waals surface area contributed by atoms with Crippen molar-refractivity contribution in [1.82, 2.24) is 9.55 Å². The molecule has 2 heterocycles. The van der Waals surface area contributed by atoms with Crippen LogP contribution in [0, 0.1) is 0 Å². The molecule has 2 heteroatoms. The van der Waals surface area contributed by atoms with Crippen LogP contribution in [-0.4, -0.2) is 9.55 Å². The summed E-state index contributed by atoms with van der Waals surface area (Å²) in [5.41, 5.74) is 4.59. The van der Waals surface area contributed by atoms with Gasteiger partial charge in [-0.1, -0.05) is 48.5 Å². The molecule has 0 radical (unpaired) electrons. The maximum atomic E-state index is 4.64. The molecule has 2 aromatic heterocycles. The van der Waals surface area contributed by atoms with Crippen LogP contribution in [0.1, 0.15) is 0 Å². The van der Waals surface area contributed by atoms with Crippen LogP contribution in [0.15, 0.2) is 85.1 Å². The molecule has 0 saturated carbocycles. The number of pyridine rings is 1. The van der Waals surface area contributed by atoms with Gasteiger partial charge < -0.3 is 4.57 Å². The highest BCUT2D eigenvalue weighted by Gasteiger charge is 2.14. The topological polar surface area (TPSA) is 17.8 Å². The molecule has 23 heavy (non-hydrogen) atoms. The molecule has 0 spiro atoms. The number of fused-ring (bicyclic) bond motifs is 5. The molecule has 3 aromatic carbocycles. The van der Waals surface area contributed by atoms with E-state index in [9.17, 15) is 0 Å². The Morgan fingerprint density at radius 3 is 2.39 bits per heavy atom. The molecule has 0 aliphatic rings. The summed E-state index contributed by atoms with van der Waals surface area (Å²) >= 11 is 0. The van der Waals surface area contributed by atoms with Crippen molar-refractivity contribution in [3.05, 3.63) is 85.1 Å². The van der Waals surface area contributed by atoms with Gasteiger partial charge in [0.2, 0.25) is 0 Å². The number of rotatable bonds is 1. The van der Waals surface area contributed by atoms with Crippen molar-refractivity contribution < 1.29 is 0 Å². The van der Waals surface area contributed by atoms with Crippen molar-refractivity contribution in [1.29, 1.82) is 0 Å². The Bertz CT molecular complexity index is 1150. The summed E-state index contributed by atoms with van der Waals surface area (Å²) in [6, 6.07) is 27.5. The van der Waals surface area contributed by atoms with E-state index in [1.54, 1.807) is 0 Å². The average molecular weight is 294 g/mol. The van der Waals surface area contributed by atoms with Crippen LogP contribution in [0.4, 0.5) is 0 Å². The van der Waals surface area contributed by atoms with Gasteiger partial charge in [-0.3, -0.25) is 4.98 Å². The lowest BCUT2D eigenvalue weighted by Gasteiger charge is -2.09. The van der Waals surface area contributed by atoms with E-state index in [0.717, 1.165) is 16.7 Å². The third-order valence-electron chi connectivity index (χ3n) is 4.42.